The molecule has 2 N–H and O–H groups in total. The number of nitrogens with one attached hydrogen (secondary N) is 2. The van der Waals surface area contributed by atoms with E-state index in [1.807, 2.05) is 36.4 Å². The van der Waals surface area contributed by atoms with Gasteiger partial charge in [0.25, 0.3) is 5.91 Å². The van der Waals surface area contributed by atoms with Crippen LogP contribution in [0.25, 0.3) is 0 Å². The lowest BCUT2D eigenvalue weighted by Crippen LogP contribution is -2.25. The van der Waals surface area contributed by atoms with E-state index in [0.29, 0.717) is 17.3 Å². The number of ether oxygens (including phenoxy) is 1. The predicted molar refractivity (Wildman–Crippen MR) is 121 cm³/mol. The molecule has 1 aliphatic rings. The molecule has 0 aliphatic heterocycles. The second-order valence-electron chi connectivity index (χ2n) is 8.09. The van der Waals surface area contributed by atoms with Crippen LogP contribution in [-0.4, -0.2) is 18.4 Å². The molecule has 0 bridgehead atoms. The number of para-hydroxylation sites is 1. The zero-order valence-corrected chi connectivity index (χ0v) is 17.9. The summed E-state index contributed by atoms with van der Waals surface area (Å²) in [5.74, 6) is 1.05. The first-order chi connectivity index (χ1) is 14.6. The van der Waals surface area contributed by atoms with Crippen LogP contribution in [0.3, 0.4) is 0 Å². The Morgan fingerprint density at radius 2 is 1.70 bits per heavy atom. The Labute approximate surface area is 179 Å². The predicted octanol–water partition coefficient (Wildman–Crippen LogP) is 5.74. The lowest BCUT2D eigenvalue weighted by Gasteiger charge is -2.21. The van der Waals surface area contributed by atoms with Crippen molar-refractivity contribution in [1.82, 2.24) is 0 Å². The van der Waals surface area contributed by atoms with Crippen molar-refractivity contribution in [1.29, 1.82) is 0 Å². The highest BCUT2D eigenvalue weighted by Crippen LogP contribution is 2.28. The molecule has 1 unspecified atom stereocenters. The maximum atomic E-state index is 12.5. The molecule has 1 saturated carbocycles. The Hall–Kier alpha value is -2.82. The van der Waals surface area contributed by atoms with Crippen LogP contribution < -0.4 is 15.4 Å². The molecular formula is C25H32N2O3. The molecule has 0 radical (unpaired) electrons. The zero-order valence-electron chi connectivity index (χ0n) is 17.9. The monoisotopic (exact) mass is 408 g/mol. The van der Waals surface area contributed by atoms with Crippen LogP contribution in [0, 0.1) is 5.92 Å². The standard InChI is InChI=1S/C25H32N2O3/c1-3-18(2)22-14-7-8-15-23(22)30-17-24(28)26-20-12-9-13-21(16-20)27-25(29)19-10-5-4-6-11-19/h7-9,12-16,18-19H,3-6,10-11,17H2,1-2H3,(H,26,28)(H,27,29). The summed E-state index contributed by atoms with van der Waals surface area (Å²) in [6.45, 7) is 4.22. The van der Waals surface area contributed by atoms with E-state index in [9.17, 15) is 9.59 Å². The van der Waals surface area contributed by atoms with Crippen LogP contribution >= 0.6 is 0 Å². The van der Waals surface area contributed by atoms with E-state index in [1.54, 1.807) is 12.1 Å². The summed E-state index contributed by atoms with van der Waals surface area (Å²) < 4.78 is 5.79. The van der Waals surface area contributed by atoms with E-state index in [4.69, 9.17) is 4.74 Å². The fraction of sp³-hybridized carbons (Fsp3) is 0.440. The molecule has 1 fully saturated rings. The van der Waals surface area contributed by atoms with E-state index in [1.165, 1.54) is 6.42 Å². The van der Waals surface area contributed by atoms with Crippen molar-refractivity contribution in [2.45, 2.75) is 58.3 Å². The summed E-state index contributed by atoms with van der Waals surface area (Å²) in [6.07, 6.45) is 6.37. The lowest BCUT2D eigenvalue weighted by molar-refractivity contribution is -0.120. The van der Waals surface area contributed by atoms with Gasteiger partial charge in [-0.15, -0.1) is 0 Å². The number of carbonyl (C=O) groups excluding carboxylic acids is 2. The molecule has 160 valence electrons. The Kier molecular flexibility index (Phi) is 7.89. The quantitative estimate of drug-likeness (QED) is 0.585. The highest BCUT2D eigenvalue weighted by atomic mass is 16.5. The number of carbonyl (C=O) groups is 2. The molecular weight excluding hydrogens is 376 g/mol. The van der Waals surface area contributed by atoms with Gasteiger partial charge in [-0.2, -0.15) is 0 Å². The summed E-state index contributed by atoms with van der Waals surface area (Å²) in [7, 11) is 0. The fourth-order valence-electron chi connectivity index (χ4n) is 3.86. The number of amides is 2. The van der Waals surface area contributed by atoms with Gasteiger partial charge >= 0.3 is 0 Å². The molecule has 0 heterocycles. The minimum atomic E-state index is -0.232. The van der Waals surface area contributed by atoms with Crippen molar-refractivity contribution < 1.29 is 14.3 Å². The van der Waals surface area contributed by atoms with Crippen LogP contribution in [0.1, 0.15) is 63.9 Å². The SMILES string of the molecule is CCC(C)c1ccccc1OCC(=O)Nc1cccc(NC(=O)C2CCCCC2)c1. The van der Waals surface area contributed by atoms with E-state index in [-0.39, 0.29) is 24.3 Å². The van der Waals surface area contributed by atoms with Gasteiger partial charge in [0.2, 0.25) is 5.91 Å². The molecule has 0 aromatic heterocycles. The first-order valence-corrected chi connectivity index (χ1v) is 11.0. The average Bonchev–Trinajstić information content (AvgIpc) is 2.78. The molecule has 0 spiro atoms. The topological polar surface area (TPSA) is 67.4 Å². The molecule has 5 heteroatoms. The van der Waals surface area contributed by atoms with E-state index < -0.39 is 0 Å². The minimum absolute atomic E-state index is 0.0634. The van der Waals surface area contributed by atoms with Gasteiger partial charge in [0, 0.05) is 17.3 Å². The molecule has 1 aliphatic carbocycles. The summed E-state index contributed by atoms with van der Waals surface area (Å²) >= 11 is 0. The normalized spacial score (nSPS) is 15.3. The van der Waals surface area contributed by atoms with Gasteiger partial charge in [-0.1, -0.05) is 57.4 Å². The highest BCUT2D eigenvalue weighted by molar-refractivity contribution is 5.95. The molecule has 0 saturated heterocycles. The first-order valence-electron chi connectivity index (χ1n) is 11.0. The molecule has 5 nitrogen and oxygen atoms in total. The third-order valence-electron chi connectivity index (χ3n) is 5.81. The maximum Gasteiger partial charge on any atom is 0.262 e. The van der Waals surface area contributed by atoms with Crippen molar-refractivity contribution in [3.05, 3.63) is 54.1 Å². The van der Waals surface area contributed by atoms with E-state index in [0.717, 1.165) is 43.4 Å². The minimum Gasteiger partial charge on any atom is -0.483 e. The molecule has 2 aromatic rings. The summed E-state index contributed by atoms with van der Waals surface area (Å²) in [5.41, 5.74) is 2.45. The smallest absolute Gasteiger partial charge is 0.262 e. The summed E-state index contributed by atoms with van der Waals surface area (Å²) in [4.78, 5) is 24.8. The summed E-state index contributed by atoms with van der Waals surface area (Å²) in [6, 6.07) is 15.1. The van der Waals surface area contributed by atoms with Gasteiger partial charge in [-0.05, 0) is 55.0 Å². The van der Waals surface area contributed by atoms with Gasteiger partial charge < -0.3 is 15.4 Å². The van der Waals surface area contributed by atoms with Gasteiger partial charge in [0.1, 0.15) is 5.75 Å². The fourth-order valence-corrected chi connectivity index (χ4v) is 3.86. The van der Waals surface area contributed by atoms with Crippen molar-refractivity contribution in [3.8, 4) is 5.75 Å². The lowest BCUT2D eigenvalue weighted by atomic mass is 9.88. The maximum absolute atomic E-state index is 12.5. The Morgan fingerprint density at radius 1 is 1.00 bits per heavy atom. The zero-order chi connectivity index (χ0) is 21.3. The highest BCUT2D eigenvalue weighted by Gasteiger charge is 2.21. The van der Waals surface area contributed by atoms with Crippen molar-refractivity contribution in [2.24, 2.45) is 5.92 Å². The first kappa shape index (κ1) is 21.9. The molecule has 1 atom stereocenters. The average molecular weight is 409 g/mol. The van der Waals surface area contributed by atoms with Gasteiger partial charge in [0.05, 0.1) is 0 Å². The van der Waals surface area contributed by atoms with E-state index >= 15 is 0 Å². The van der Waals surface area contributed by atoms with Crippen LogP contribution in [-0.2, 0) is 9.59 Å². The second-order valence-corrected chi connectivity index (χ2v) is 8.09. The van der Waals surface area contributed by atoms with Crippen LogP contribution in [0.5, 0.6) is 5.75 Å². The Morgan fingerprint density at radius 3 is 2.43 bits per heavy atom. The van der Waals surface area contributed by atoms with Crippen LogP contribution in [0.2, 0.25) is 0 Å². The third-order valence-corrected chi connectivity index (χ3v) is 5.81. The van der Waals surface area contributed by atoms with Gasteiger partial charge in [-0.3, -0.25) is 9.59 Å². The molecule has 3 rings (SSSR count). The number of hydrogen-bond donors (Lipinski definition) is 2. The van der Waals surface area contributed by atoms with Crippen LogP contribution in [0.4, 0.5) is 11.4 Å². The van der Waals surface area contributed by atoms with Gasteiger partial charge in [-0.25, -0.2) is 0 Å². The number of anilines is 2. The molecule has 2 amide bonds. The van der Waals surface area contributed by atoms with Crippen LogP contribution in [0.15, 0.2) is 48.5 Å². The van der Waals surface area contributed by atoms with E-state index in [2.05, 4.69) is 24.5 Å². The number of hydrogen-bond acceptors (Lipinski definition) is 3. The molecule has 2 aromatic carbocycles. The van der Waals surface area contributed by atoms with Gasteiger partial charge in [0.15, 0.2) is 6.61 Å². The van der Waals surface area contributed by atoms with Crippen molar-refractivity contribution in [2.75, 3.05) is 17.2 Å². The number of rotatable bonds is 8. The Balaban J connectivity index is 1.54. The van der Waals surface area contributed by atoms with Crippen molar-refractivity contribution >= 4 is 23.2 Å². The second kappa shape index (κ2) is 10.8. The largest absolute Gasteiger partial charge is 0.483 e. The van der Waals surface area contributed by atoms with Crippen molar-refractivity contribution in [3.63, 3.8) is 0 Å². The number of benzene rings is 2. The molecule has 30 heavy (non-hydrogen) atoms. The third kappa shape index (κ3) is 6.09. The Bertz CT molecular complexity index is 859. The summed E-state index contributed by atoms with van der Waals surface area (Å²) in [5, 5.41) is 5.84.